The van der Waals surface area contributed by atoms with Crippen LogP contribution in [0.5, 0.6) is 0 Å². The maximum Gasteiger partial charge on any atom is 0.246 e. The molecule has 0 bridgehead atoms. The van der Waals surface area contributed by atoms with Crippen LogP contribution >= 0.6 is 11.3 Å². The average Bonchev–Trinajstić information content (AvgIpc) is 3.42. The molecule has 3 amide bonds. The molecule has 4 atom stereocenters. The molecule has 2 heterocycles. The van der Waals surface area contributed by atoms with Crippen LogP contribution in [-0.2, 0) is 14.4 Å². The molecule has 0 aliphatic carbocycles. The molecule has 1 aliphatic rings. The number of nitrogens with zero attached hydrogens (tertiary/aromatic N) is 2. The number of nitrogens with one attached hydrogen (secondary N) is 2. The Balaban J connectivity index is 2.18. The molecule has 1 fully saturated rings. The SMILES string of the molecule is C=C/C(=C\C=C(/C=C)[C@H](CC)NC(=O)C[C@@H]1C[C@@H](O)CN1C(=O)C(NC(C)=O)C(C)(C)C)c1scnc1C. The van der Waals surface area contributed by atoms with E-state index >= 15 is 0 Å². The molecule has 1 unspecified atom stereocenters. The Bertz CT molecular complexity index is 1100. The topological polar surface area (TPSA) is 112 Å². The minimum Gasteiger partial charge on any atom is -0.391 e. The minimum atomic E-state index is -0.762. The quantitative estimate of drug-likeness (QED) is 0.367. The van der Waals surface area contributed by atoms with Gasteiger partial charge in [0.1, 0.15) is 6.04 Å². The molecule has 9 heteroatoms. The summed E-state index contributed by atoms with van der Waals surface area (Å²) < 4.78 is 0. The van der Waals surface area contributed by atoms with E-state index in [1.165, 1.54) is 11.8 Å². The number of likely N-dealkylation sites (tertiary alicyclic amines) is 1. The fourth-order valence-electron chi connectivity index (χ4n) is 4.59. The van der Waals surface area contributed by atoms with Gasteiger partial charge in [-0.3, -0.25) is 14.4 Å². The van der Waals surface area contributed by atoms with Gasteiger partial charge in [-0.25, -0.2) is 4.98 Å². The van der Waals surface area contributed by atoms with Gasteiger partial charge in [0.2, 0.25) is 17.7 Å². The molecule has 8 nitrogen and oxygen atoms in total. The standard InChI is InChI=1S/C29H42N4O4S/c1-9-20(12-13-21(10-2)26-18(4)30-17-38-26)24(11-3)32-25(36)15-22-14-23(35)16-33(22)28(37)27(29(6,7)8)31-19(5)34/h9-10,12-13,17,22-24,27,35H,1-2,11,14-16H2,3-8H3,(H,31,34)(H,32,36)/b20-12+,21-13+/t22-,23+,24-,27?/m0/s1. The lowest BCUT2D eigenvalue weighted by Crippen LogP contribution is -2.56. The van der Waals surface area contributed by atoms with E-state index in [-0.39, 0.29) is 36.7 Å². The van der Waals surface area contributed by atoms with Crippen molar-refractivity contribution in [2.24, 2.45) is 5.41 Å². The molecular weight excluding hydrogens is 500 g/mol. The van der Waals surface area contributed by atoms with E-state index < -0.39 is 23.6 Å². The summed E-state index contributed by atoms with van der Waals surface area (Å²) in [6, 6.07) is -1.50. The number of hydrogen-bond acceptors (Lipinski definition) is 6. The van der Waals surface area contributed by atoms with Crippen LogP contribution in [-0.4, -0.2) is 63.5 Å². The minimum absolute atomic E-state index is 0.0501. The van der Waals surface area contributed by atoms with Gasteiger partial charge in [-0.2, -0.15) is 0 Å². The fraction of sp³-hybridized carbons (Fsp3) is 0.517. The predicted octanol–water partition coefficient (Wildman–Crippen LogP) is 3.93. The number of carbonyl (C=O) groups excluding carboxylic acids is 3. The zero-order chi connectivity index (χ0) is 28.6. The van der Waals surface area contributed by atoms with E-state index in [9.17, 15) is 19.5 Å². The van der Waals surface area contributed by atoms with E-state index in [2.05, 4.69) is 28.8 Å². The average molecular weight is 543 g/mol. The van der Waals surface area contributed by atoms with Crippen LogP contribution in [0.3, 0.4) is 0 Å². The van der Waals surface area contributed by atoms with Crippen LogP contribution in [0.4, 0.5) is 0 Å². The Morgan fingerprint density at radius 1 is 1.24 bits per heavy atom. The van der Waals surface area contributed by atoms with Crippen LogP contribution in [0, 0.1) is 12.3 Å². The number of aromatic nitrogens is 1. The highest BCUT2D eigenvalue weighted by molar-refractivity contribution is 7.11. The number of amides is 3. The lowest BCUT2D eigenvalue weighted by molar-refractivity contribution is -0.140. The first kappa shape index (κ1) is 31.2. The Hall–Kier alpha value is -3.04. The van der Waals surface area contributed by atoms with E-state index in [1.807, 2.05) is 46.8 Å². The van der Waals surface area contributed by atoms with Gasteiger partial charge in [0, 0.05) is 25.9 Å². The Morgan fingerprint density at radius 2 is 1.92 bits per heavy atom. The first-order chi connectivity index (χ1) is 17.8. The molecule has 1 aliphatic heterocycles. The van der Waals surface area contributed by atoms with Gasteiger partial charge in [-0.05, 0) is 36.3 Å². The number of aliphatic hydroxyl groups is 1. The first-order valence-electron chi connectivity index (χ1n) is 12.9. The molecule has 208 valence electrons. The van der Waals surface area contributed by atoms with Crippen LogP contribution in [0.25, 0.3) is 5.57 Å². The van der Waals surface area contributed by atoms with Gasteiger partial charge in [-0.1, -0.05) is 65.2 Å². The third-order valence-corrected chi connectivity index (χ3v) is 7.60. The fourth-order valence-corrected chi connectivity index (χ4v) is 5.42. The van der Waals surface area contributed by atoms with Crippen molar-refractivity contribution in [1.29, 1.82) is 0 Å². The van der Waals surface area contributed by atoms with Crippen LogP contribution in [0.1, 0.15) is 64.5 Å². The molecule has 2 rings (SSSR count). The first-order valence-corrected chi connectivity index (χ1v) is 13.8. The van der Waals surface area contributed by atoms with Crippen molar-refractivity contribution in [3.05, 3.63) is 59.1 Å². The van der Waals surface area contributed by atoms with E-state index in [1.54, 1.807) is 29.0 Å². The number of hydrogen-bond donors (Lipinski definition) is 3. The van der Waals surface area contributed by atoms with Crippen molar-refractivity contribution in [1.82, 2.24) is 20.5 Å². The molecule has 1 saturated heterocycles. The molecule has 1 aromatic rings. The molecule has 1 aromatic heterocycles. The van der Waals surface area contributed by atoms with Crippen LogP contribution in [0.2, 0.25) is 0 Å². The van der Waals surface area contributed by atoms with Crippen LogP contribution < -0.4 is 10.6 Å². The van der Waals surface area contributed by atoms with Crippen molar-refractivity contribution >= 4 is 34.6 Å². The van der Waals surface area contributed by atoms with E-state index in [0.29, 0.717) is 12.8 Å². The van der Waals surface area contributed by atoms with Gasteiger partial charge in [0.15, 0.2) is 0 Å². The van der Waals surface area contributed by atoms with Crippen LogP contribution in [0.15, 0.2) is 48.5 Å². The molecule has 0 aromatic carbocycles. The second-order valence-electron chi connectivity index (χ2n) is 10.7. The van der Waals surface area contributed by atoms with Crippen molar-refractivity contribution in [3.63, 3.8) is 0 Å². The summed E-state index contributed by atoms with van der Waals surface area (Å²) in [4.78, 5) is 45.2. The Kier molecular flexibility index (Phi) is 11.2. The van der Waals surface area contributed by atoms with Crippen molar-refractivity contribution in [2.45, 2.75) is 85.0 Å². The highest BCUT2D eigenvalue weighted by Gasteiger charge is 2.42. The van der Waals surface area contributed by atoms with Gasteiger partial charge < -0.3 is 20.6 Å². The maximum atomic E-state index is 13.4. The number of aliphatic hydroxyl groups excluding tert-OH is 1. The van der Waals surface area contributed by atoms with Crippen molar-refractivity contribution < 1.29 is 19.5 Å². The number of aryl methyl sites for hydroxylation is 1. The number of carbonyl (C=O) groups is 3. The number of allylic oxidation sites excluding steroid dienone is 4. The van der Waals surface area contributed by atoms with Gasteiger partial charge >= 0.3 is 0 Å². The summed E-state index contributed by atoms with van der Waals surface area (Å²) in [5.74, 6) is -0.818. The smallest absolute Gasteiger partial charge is 0.246 e. The number of thiazole rings is 1. The zero-order valence-corrected chi connectivity index (χ0v) is 24.2. The molecule has 3 N–H and O–H groups in total. The van der Waals surface area contributed by atoms with Crippen molar-refractivity contribution in [2.75, 3.05) is 6.54 Å². The third-order valence-electron chi connectivity index (χ3n) is 6.62. The van der Waals surface area contributed by atoms with Crippen molar-refractivity contribution in [3.8, 4) is 0 Å². The largest absolute Gasteiger partial charge is 0.391 e. The highest BCUT2D eigenvalue weighted by Crippen LogP contribution is 2.28. The number of rotatable bonds is 11. The lowest BCUT2D eigenvalue weighted by Gasteiger charge is -2.35. The van der Waals surface area contributed by atoms with E-state index in [0.717, 1.165) is 21.7 Å². The molecule has 0 spiro atoms. The summed E-state index contributed by atoms with van der Waals surface area (Å²) in [6.45, 7) is 18.9. The predicted molar refractivity (Wildman–Crippen MR) is 153 cm³/mol. The normalized spacial score (nSPS) is 20.0. The summed E-state index contributed by atoms with van der Waals surface area (Å²) in [5, 5.41) is 16.2. The Morgan fingerprint density at radius 3 is 2.42 bits per heavy atom. The highest BCUT2D eigenvalue weighted by atomic mass is 32.1. The monoisotopic (exact) mass is 542 g/mol. The molecule has 0 radical (unpaired) electrons. The second kappa shape index (κ2) is 13.7. The lowest BCUT2D eigenvalue weighted by atomic mass is 9.85. The molecular formula is C29H42N4O4S. The number of β-amino-alcohol motifs (C(OH)–C–C–N with tert-alkyl or cyclic N) is 1. The Labute approximate surface area is 230 Å². The summed E-state index contributed by atoms with van der Waals surface area (Å²) in [6.07, 6.45) is 7.64. The molecule has 0 saturated carbocycles. The zero-order valence-electron chi connectivity index (χ0n) is 23.4. The van der Waals surface area contributed by atoms with E-state index in [4.69, 9.17) is 0 Å². The second-order valence-corrected chi connectivity index (χ2v) is 11.6. The summed E-state index contributed by atoms with van der Waals surface area (Å²) in [5.41, 5.74) is 3.98. The van der Waals surface area contributed by atoms with Gasteiger partial charge in [-0.15, -0.1) is 11.3 Å². The van der Waals surface area contributed by atoms with Gasteiger partial charge in [0.05, 0.1) is 28.2 Å². The molecule has 38 heavy (non-hydrogen) atoms. The summed E-state index contributed by atoms with van der Waals surface area (Å²) in [7, 11) is 0. The third kappa shape index (κ3) is 8.23. The maximum absolute atomic E-state index is 13.4. The van der Waals surface area contributed by atoms with Gasteiger partial charge in [0.25, 0.3) is 0 Å². The summed E-state index contributed by atoms with van der Waals surface area (Å²) >= 11 is 1.54.